The summed E-state index contributed by atoms with van der Waals surface area (Å²) in [5.74, 6) is 0.435. The summed E-state index contributed by atoms with van der Waals surface area (Å²) in [6.07, 6.45) is 6.65. The summed E-state index contributed by atoms with van der Waals surface area (Å²) in [4.78, 5) is 0. The van der Waals surface area contributed by atoms with Gasteiger partial charge in [0, 0.05) is 16.8 Å². The smallest absolute Gasteiger partial charge is 0.0558 e. The Balaban J connectivity index is 1.76. The number of fused-ring (bicyclic) bond motifs is 3. The van der Waals surface area contributed by atoms with E-state index < -0.39 is 0 Å². The number of nitrogen functional groups attached to an aromatic ring is 1. The molecule has 2 N–H and O–H groups in total. The van der Waals surface area contributed by atoms with Crippen molar-refractivity contribution in [1.82, 2.24) is 4.57 Å². The first-order valence-electron chi connectivity index (χ1n) is 9.51. The minimum absolute atomic E-state index is 0.435. The van der Waals surface area contributed by atoms with E-state index in [1.165, 1.54) is 33.4 Å². The molecule has 0 spiro atoms. The molecular weight excluding hydrogens is 328 g/mol. The Labute approximate surface area is 159 Å². The van der Waals surface area contributed by atoms with E-state index in [1.54, 1.807) is 0 Å². The Morgan fingerprint density at radius 3 is 2.37 bits per heavy atom. The fraction of sp³-hybridized carbons (Fsp3) is 0.120. The van der Waals surface area contributed by atoms with Crippen molar-refractivity contribution in [3.63, 3.8) is 0 Å². The molecule has 0 aliphatic heterocycles. The molecule has 1 unspecified atom stereocenters. The lowest BCUT2D eigenvalue weighted by atomic mass is 9.84. The normalized spacial score (nSPS) is 15.8. The number of hydrogen-bond donors (Lipinski definition) is 1. The fourth-order valence-electron chi connectivity index (χ4n) is 4.39. The topological polar surface area (TPSA) is 30.9 Å². The highest BCUT2D eigenvalue weighted by molar-refractivity contribution is 5.99. The zero-order valence-corrected chi connectivity index (χ0v) is 15.2. The molecule has 27 heavy (non-hydrogen) atoms. The maximum atomic E-state index is 6.49. The standard InChI is InChI=1S/C25H22N2/c26-21-14-8-16-23-25(21)24-19(17-18-9-3-1-4-10-18)11-7-15-22(24)27(23)20-12-5-2-6-13-20/h1-10,12-16,19H,11,17,26H2. The number of nitrogens with zero attached hydrogens (tertiary/aromatic N) is 1. The number of para-hydroxylation sites is 1. The summed E-state index contributed by atoms with van der Waals surface area (Å²) >= 11 is 0. The van der Waals surface area contributed by atoms with Gasteiger partial charge in [-0.1, -0.05) is 60.7 Å². The summed E-state index contributed by atoms with van der Waals surface area (Å²) in [7, 11) is 0. The van der Waals surface area contributed by atoms with Crippen LogP contribution in [0.4, 0.5) is 5.69 Å². The number of anilines is 1. The molecule has 3 aromatic carbocycles. The molecule has 5 rings (SSSR count). The zero-order chi connectivity index (χ0) is 18.2. The molecule has 1 atom stereocenters. The lowest BCUT2D eigenvalue weighted by Crippen LogP contribution is -2.08. The van der Waals surface area contributed by atoms with Crippen LogP contribution in [-0.2, 0) is 6.42 Å². The van der Waals surface area contributed by atoms with Gasteiger partial charge in [-0.05, 0) is 60.2 Å². The maximum absolute atomic E-state index is 6.49. The second-order valence-electron chi connectivity index (χ2n) is 7.24. The second kappa shape index (κ2) is 6.48. The molecule has 0 saturated heterocycles. The summed E-state index contributed by atoms with van der Waals surface area (Å²) in [6, 6.07) is 27.6. The van der Waals surface area contributed by atoms with Crippen molar-refractivity contribution < 1.29 is 0 Å². The van der Waals surface area contributed by atoms with Crippen LogP contribution in [0.5, 0.6) is 0 Å². The first-order chi connectivity index (χ1) is 13.3. The maximum Gasteiger partial charge on any atom is 0.0558 e. The largest absolute Gasteiger partial charge is 0.398 e. The monoisotopic (exact) mass is 350 g/mol. The van der Waals surface area contributed by atoms with Gasteiger partial charge in [-0.25, -0.2) is 0 Å². The quantitative estimate of drug-likeness (QED) is 0.454. The van der Waals surface area contributed by atoms with Gasteiger partial charge in [-0.2, -0.15) is 0 Å². The van der Waals surface area contributed by atoms with E-state index in [9.17, 15) is 0 Å². The highest BCUT2D eigenvalue weighted by atomic mass is 15.0. The Morgan fingerprint density at radius 2 is 1.59 bits per heavy atom. The van der Waals surface area contributed by atoms with Crippen molar-refractivity contribution in [2.75, 3.05) is 5.73 Å². The van der Waals surface area contributed by atoms with E-state index in [2.05, 4.69) is 89.5 Å². The molecule has 0 fully saturated rings. The van der Waals surface area contributed by atoms with Crippen LogP contribution < -0.4 is 5.73 Å². The van der Waals surface area contributed by atoms with Crippen LogP contribution >= 0.6 is 0 Å². The number of rotatable bonds is 3. The van der Waals surface area contributed by atoms with Crippen molar-refractivity contribution in [3.05, 3.63) is 102 Å². The van der Waals surface area contributed by atoms with Crippen molar-refractivity contribution in [2.45, 2.75) is 18.8 Å². The third-order valence-corrected chi connectivity index (χ3v) is 5.55. The Hall–Kier alpha value is -3.26. The lowest BCUT2D eigenvalue weighted by Gasteiger charge is -2.21. The summed E-state index contributed by atoms with van der Waals surface area (Å²) < 4.78 is 2.36. The van der Waals surface area contributed by atoms with Gasteiger partial charge >= 0.3 is 0 Å². The van der Waals surface area contributed by atoms with Gasteiger partial charge in [0.1, 0.15) is 0 Å². The highest BCUT2D eigenvalue weighted by Crippen LogP contribution is 2.43. The summed E-state index contributed by atoms with van der Waals surface area (Å²) in [5.41, 5.74) is 13.8. The van der Waals surface area contributed by atoms with Crippen LogP contribution in [0.3, 0.4) is 0 Å². The molecule has 1 heterocycles. The van der Waals surface area contributed by atoms with Gasteiger partial charge in [-0.15, -0.1) is 0 Å². The Morgan fingerprint density at radius 1 is 0.852 bits per heavy atom. The van der Waals surface area contributed by atoms with Gasteiger partial charge in [0.25, 0.3) is 0 Å². The van der Waals surface area contributed by atoms with Crippen LogP contribution in [0.2, 0.25) is 0 Å². The van der Waals surface area contributed by atoms with Crippen molar-refractivity contribution in [1.29, 1.82) is 0 Å². The average Bonchev–Trinajstić information content (AvgIpc) is 3.06. The van der Waals surface area contributed by atoms with Crippen molar-refractivity contribution in [2.24, 2.45) is 0 Å². The molecule has 2 heteroatoms. The first-order valence-corrected chi connectivity index (χ1v) is 9.51. The third kappa shape index (κ3) is 2.65. The van der Waals surface area contributed by atoms with E-state index in [4.69, 9.17) is 5.73 Å². The van der Waals surface area contributed by atoms with Crippen LogP contribution in [0, 0.1) is 0 Å². The molecule has 0 amide bonds. The van der Waals surface area contributed by atoms with E-state index in [0.717, 1.165) is 18.5 Å². The molecule has 0 radical (unpaired) electrons. The SMILES string of the molecule is Nc1cccc2c1c1c(n2-c2ccccc2)C=CCC1Cc1ccccc1. The molecule has 0 bridgehead atoms. The number of allylic oxidation sites excluding steroid dienone is 1. The van der Waals surface area contributed by atoms with Gasteiger partial charge in [-0.3, -0.25) is 0 Å². The minimum atomic E-state index is 0.435. The van der Waals surface area contributed by atoms with E-state index >= 15 is 0 Å². The highest BCUT2D eigenvalue weighted by Gasteiger charge is 2.26. The second-order valence-corrected chi connectivity index (χ2v) is 7.24. The van der Waals surface area contributed by atoms with Gasteiger partial charge in [0.2, 0.25) is 0 Å². The molecule has 1 aromatic heterocycles. The van der Waals surface area contributed by atoms with E-state index in [0.29, 0.717) is 5.92 Å². The predicted molar refractivity (Wildman–Crippen MR) is 114 cm³/mol. The van der Waals surface area contributed by atoms with E-state index in [1.807, 2.05) is 6.07 Å². The number of hydrogen-bond acceptors (Lipinski definition) is 1. The first kappa shape index (κ1) is 16.0. The van der Waals surface area contributed by atoms with Crippen molar-refractivity contribution >= 4 is 22.7 Å². The summed E-state index contributed by atoms with van der Waals surface area (Å²) in [5, 5.41) is 1.21. The Bertz CT molecular complexity index is 1120. The molecule has 4 aromatic rings. The number of nitrogens with two attached hydrogens (primary N) is 1. The van der Waals surface area contributed by atoms with Crippen LogP contribution in [0.1, 0.15) is 29.2 Å². The minimum Gasteiger partial charge on any atom is -0.398 e. The van der Waals surface area contributed by atoms with E-state index in [-0.39, 0.29) is 0 Å². The Kier molecular flexibility index (Phi) is 3.83. The molecule has 1 aliphatic rings. The van der Waals surface area contributed by atoms with Gasteiger partial charge < -0.3 is 10.3 Å². The third-order valence-electron chi connectivity index (χ3n) is 5.55. The number of benzene rings is 3. The lowest BCUT2D eigenvalue weighted by molar-refractivity contribution is 0.691. The van der Waals surface area contributed by atoms with Crippen LogP contribution in [0.25, 0.3) is 22.7 Å². The molecular formula is C25H22N2. The van der Waals surface area contributed by atoms with Gasteiger partial charge in [0.05, 0.1) is 11.2 Å². The number of aromatic nitrogens is 1. The van der Waals surface area contributed by atoms with Crippen molar-refractivity contribution in [3.8, 4) is 5.69 Å². The molecule has 0 saturated carbocycles. The molecule has 132 valence electrons. The fourth-order valence-corrected chi connectivity index (χ4v) is 4.39. The summed E-state index contributed by atoms with van der Waals surface area (Å²) in [6.45, 7) is 0. The van der Waals surface area contributed by atoms with Crippen LogP contribution in [-0.4, -0.2) is 4.57 Å². The average molecular weight is 350 g/mol. The molecule has 2 nitrogen and oxygen atoms in total. The molecule has 1 aliphatic carbocycles. The predicted octanol–water partition coefficient (Wildman–Crippen LogP) is 5.96. The van der Waals surface area contributed by atoms with Gasteiger partial charge in [0.15, 0.2) is 0 Å². The van der Waals surface area contributed by atoms with Crippen LogP contribution in [0.15, 0.2) is 84.9 Å². The zero-order valence-electron chi connectivity index (χ0n) is 15.2.